The lowest BCUT2D eigenvalue weighted by Crippen LogP contribution is -2.12. The van der Waals surface area contributed by atoms with Gasteiger partial charge in [-0.15, -0.1) is 0 Å². The Hall–Kier alpha value is -6.26. The van der Waals surface area contributed by atoms with Gasteiger partial charge in [0.2, 0.25) is 0 Å². The lowest BCUT2D eigenvalue weighted by Gasteiger charge is -2.27. The Morgan fingerprint density at radius 1 is 0.435 bits per heavy atom. The molecule has 4 heterocycles. The lowest BCUT2D eigenvalue weighted by atomic mass is 9.92. The minimum absolute atomic E-state index is 0.911. The number of fused-ring (bicyclic) bond motifs is 10. The van der Waals surface area contributed by atoms with Crippen LogP contribution < -0.4 is 4.90 Å². The number of nitrogens with zero attached hydrogens (tertiary/aromatic N) is 4. The molecule has 9 aromatic rings. The van der Waals surface area contributed by atoms with E-state index in [0.29, 0.717) is 0 Å². The molecule has 46 heavy (non-hydrogen) atoms. The predicted octanol–water partition coefficient (Wildman–Crippen LogP) is 11.0. The van der Waals surface area contributed by atoms with E-state index >= 15 is 0 Å². The molecule has 10 rings (SSSR count). The molecule has 0 bridgehead atoms. The molecule has 1 aliphatic heterocycles. The Bertz CT molecular complexity index is 2660. The first kappa shape index (κ1) is 25.1. The third kappa shape index (κ3) is 3.55. The molecular weight excluding hydrogens is 560 g/mol. The van der Waals surface area contributed by atoms with Crippen LogP contribution in [0.25, 0.3) is 71.6 Å². The Balaban J connectivity index is 1.32. The van der Waals surface area contributed by atoms with Crippen molar-refractivity contribution < 1.29 is 0 Å². The zero-order chi connectivity index (χ0) is 30.2. The molecule has 0 saturated heterocycles. The maximum absolute atomic E-state index is 5.16. The summed E-state index contributed by atoms with van der Waals surface area (Å²) in [6.07, 6.45) is 1.92. The maximum Gasteiger partial charge on any atom is 0.145 e. The van der Waals surface area contributed by atoms with Gasteiger partial charge < -0.3 is 0 Å². The van der Waals surface area contributed by atoms with Crippen molar-refractivity contribution in [2.24, 2.45) is 0 Å². The van der Waals surface area contributed by atoms with E-state index in [1.165, 1.54) is 32.8 Å². The van der Waals surface area contributed by atoms with Crippen LogP contribution in [0.4, 0.5) is 17.2 Å². The summed E-state index contributed by atoms with van der Waals surface area (Å²) in [5, 5.41) is 5.82. The Kier molecular flexibility index (Phi) is 5.25. The second kappa shape index (κ2) is 9.62. The fourth-order valence-corrected chi connectivity index (χ4v) is 7.32. The molecule has 6 aromatic carbocycles. The fourth-order valence-electron chi connectivity index (χ4n) is 7.32. The van der Waals surface area contributed by atoms with Crippen LogP contribution in [0.2, 0.25) is 0 Å². The number of pyridine rings is 2. The van der Waals surface area contributed by atoms with E-state index in [1.807, 2.05) is 6.20 Å². The fraction of sp³-hybridized carbons (Fsp3) is 0. The average Bonchev–Trinajstić information content (AvgIpc) is 3.39. The molecule has 0 spiro atoms. The second-order valence-electron chi connectivity index (χ2n) is 11.9. The van der Waals surface area contributed by atoms with Gasteiger partial charge in [-0.05, 0) is 71.1 Å². The quantitative estimate of drug-likeness (QED) is 0.202. The summed E-state index contributed by atoms with van der Waals surface area (Å²) in [5.74, 6) is 1.83. The second-order valence-corrected chi connectivity index (χ2v) is 11.9. The molecule has 0 aliphatic carbocycles. The number of rotatable bonds is 2. The first-order chi connectivity index (χ1) is 22.8. The smallest absolute Gasteiger partial charge is 0.145 e. The van der Waals surface area contributed by atoms with Crippen LogP contribution in [0.1, 0.15) is 0 Å². The largest absolute Gasteiger partial charge is 0.294 e. The Morgan fingerprint density at radius 2 is 1.09 bits per heavy atom. The summed E-state index contributed by atoms with van der Waals surface area (Å²) in [6, 6.07) is 54.1. The highest BCUT2D eigenvalue weighted by molar-refractivity contribution is 6.15. The third-order valence-electron chi connectivity index (χ3n) is 9.36. The topological polar surface area (TPSA) is 34.0 Å². The van der Waals surface area contributed by atoms with Crippen LogP contribution in [0.3, 0.4) is 0 Å². The molecule has 0 radical (unpaired) electrons. The summed E-state index contributed by atoms with van der Waals surface area (Å²) in [4.78, 5) is 12.5. The van der Waals surface area contributed by atoms with Crippen LogP contribution in [-0.4, -0.2) is 14.5 Å². The van der Waals surface area contributed by atoms with Gasteiger partial charge in [-0.25, -0.2) is 9.97 Å². The van der Waals surface area contributed by atoms with Crippen molar-refractivity contribution in [3.63, 3.8) is 0 Å². The molecule has 214 valence electrons. The minimum atomic E-state index is 0.911. The van der Waals surface area contributed by atoms with E-state index < -0.39 is 0 Å². The number of anilines is 3. The van der Waals surface area contributed by atoms with Crippen LogP contribution in [-0.2, 0) is 0 Å². The van der Waals surface area contributed by atoms with Gasteiger partial charge in [0.25, 0.3) is 0 Å². The van der Waals surface area contributed by atoms with Gasteiger partial charge >= 0.3 is 0 Å². The first-order valence-corrected chi connectivity index (χ1v) is 15.6. The first-order valence-electron chi connectivity index (χ1n) is 15.6. The van der Waals surface area contributed by atoms with Gasteiger partial charge in [0.05, 0.1) is 27.9 Å². The number of para-hydroxylation sites is 4. The van der Waals surface area contributed by atoms with E-state index in [0.717, 1.165) is 55.9 Å². The van der Waals surface area contributed by atoms with Gasteiger partial charge in [-0.3, -0.25) is 9.47 Å². The normalized spacial score (nSPS) is 12.3. The van der Waals surface area contributed by atoms with E-state index in [-0.39, 0.29) is 0 Å². The van der Waals surface area contributed by atoms with Gasteiger partial charge in [0, 0.05) is 38.9 Å². The van der Waals surface area contributed by atoms with E-state index in [4.69, 9.17) is 9.97 Å². The van der Waals surface area contributed by atoms with Crippen molar-refractivity contribution in [2.45, 2.75) is 0 Å². The molecule has 0 fully saturated rings. The molecule has 0 saturated carbocycles. The molecule has 3 aromatic heterocycles. The van der Waals surface area contributed by atoms with Crippen molar-refractivity contribution >= 4 is 60.7 Å². The molecule has 0 unspecified atom stereocenters. The van der Waals surface area contributed by atoms with Gasteiger partial charge in [-0.1, -0.05) is 97.1 Å². The van der Waals surface area contributed by atoms with Crippen molar-refractivity contribution in [2.75, 3.05) is 4.90 Å². The molecule has 0 atom stereocenters. The Morgan fingerprint density at radius 3 is 1.91 bits per heavy atom. The lowest BCUT2D eigenvalue weighted by molar-refractivity contribution is 1.10. The molecule has 4 nitrogen and oxygen atoms in total. The third-order valence-corrected chi connectivity index (χ3v) is 9.36. The summed E-state index contributed by atoms with van der Waals surface area (Å²) in [5.41, 5.74) is 10.2. The molecule has 0 amide bonds. The number of aromatic nitrogens is 3. The maximum atomic E-state index is 5.16. The van der Waals surface area contributed by atoms with Crippen molar-refractivity contribution in [1.82, 2.24) is 14.5 Å². The van der Waals surface area contributed by atoms with Gasteiger partial charge in [0.15, 0.2) is 0 Å². The zero-order valence-electron chi connectivity index (χ0n) is 24.8. The van der Waals surface area contributed by atoms with Crippen LogP contribution in [0.5, 0.6) is 0 Å². The molecular formula is C42H26N4. The highest BCUT2D eigenvalue weighted by Gasteiger charge is 2.29. The van der Waals surface area contributed by atoms with Crippen LogP contribution in [0.15, 0.2) is 158 Å². The van der Waals surface area contributed by atoms with Crippen molar-refractivity contribution in [3.05, 3.63) is 158 Å². The Labute approximate surface area is 265 Å². The van der Waals surface area contributed by atoms with E-state index in [9.17, 15) is 0 Å². The molecule has 1 aliphatic rings. The summed E-state index contributed by atoms with van der Waals surface area (Å²) >= 11 is 0. The summed E-state index contributed by atoms with van der Waals surface area (Å²) in [6.45, 7) is 0. The predicted molar refractivity (Wildman–Crippen MR) is 190 cm³/mol. The summed E-state index contributed by atoms with van der Waals surface area (Å²) in [7, 11) is 0. The SMILES string of the molecule is c1ccc2c(c1)-c1cc3c4ccccc4n(-c4ccc5ccccc5n4)c3cc1-c1ccccc1N2c1nccc2ccccc12. The molecule has 4 heteroatoms. The minimum Gasteiger partial charge on any atom is -0.294 e. The van der Waals surface area contributed by atoms with Crippen molar-refractivity contribution in [1.29, 1.82) is 0 Å². The highest BCUT2D eigenvalue weighted by Crippen LogP contribution is 2.52. The van der Waals surface area contributed by atoms with Crippen LogP contribution in [0, 0.1) is 0 Å². The number of hydrogen-bond acceptors (Lipinski definition) is 3. The number of benzene rings is 6. The zero-order valence-corrected chi connectivity index (χ0v) is 24.8. The average molecular weight is 587 g/mol. The van der Waals surface area contributed by atoms with Gasteiger partial charge in [-0.2, -0.15) is 0 Å². The highest BCUT2D eigenvalue weighted by atomic mass is 15.2. The van der Waals surface area contributed by atoms with E-state index in [1.54, 1.807) is 0 Å². The monoisotopic (exact) mass is 586 g/mol. The van der Waals surface area contributed by atoms with E-state index in [2.05, 4.69) is 161 Å². The van der Waals surface area contributed by atoms with Crippen LogP contribution >= 0.6 is 0 Å². The molecule has 0 N–H and O–H groups in total. The van der Waals surface area contributed by atoms with Gasteiger partial charge in [0.1, 0.15) is 11.6 Å². The summed E-state index contributed by atoms with van der Waals surface area (Å²) < 4.78 is 2.32. The number of hydrogen-bond donors (Lipinski definition) is 0. The van der Waals surface area contributed by atoms with Crippen molar-refractivity contribution in [3.8, 4) is 28.1 Å². The standard InChI is InChI=1S/C42H26N4/c1-3-13-29-27(11-1)23-24-43-42(29)46-38-19-9-4-14-30(38)33-25-35-32-16-6-8-18-37(32)45(41-22-21-28-12-2-7-17-36(28)44-41)40(35)26-34(33)31-15-5-10-20-39(31)46/h1-26H.